The van der Waals surface area contributed by atoms with E-state index in [1.54, 1.807) is 18.2 Å². The summed E-state index contributed by atoms with van der Waals surface area (Å²) in [5, 5.41) is 0. The first-order chi connectivity index (χ1) is 9.54. The molecule has 0 N–H and O–H groups in total. The summed E-state index contributed by atoms with van der Waals surface area (Å²) in [7, 11) is -4.03. The van der Waals surface area contributed by atoms with Crippen LogP contribution in [0.15, 0.2) is 35.2 Å². The van der Waals surface area contributed by atoms with Crippen LogP contribution in [0.2, 0.25) is 0 Å². The maximum Gasteiger partial charge on any atom is 0.425 e. The minimum Gasteiger partial charge on any atom is -0.324 e. The van der Waals surface area contributed by atoms with E-state index in [4.69, 9.17) is 4.18 Å². The minimum atomic E-state index is -4.03. The second kappa shape index (κ2) is 6.26. The van der Waals surface area contributed by atoms with E-state index in [9.17, 15) is 13.2 Å². The van der Waals surface area contributed by atoms with Gasteiger partial charge in [0.15, 0.2) is 0 Å². The average molecular weight is 297 g/mol. The normalized spacial score (nSPS) is 19.6. The van der Waals surface area contributed by atoms with Crippen molar-refractivity contribution in [1.82, 2.24) is 4.90 Å². The summed E-state index contributed by atoms with van der Waals surface area (Å²) in [5.41, 5.74) is 0. The molecule has 1 atom stereocenters. The summed E-state index contributed by atoms with van der Waals surface area (Å²) in [6, 6.07) is 7.79. The highest BCUT2D eigenvalue weighted by Crippen LogP contribution is 2.22. The van der Waals surface area contributed by atoms with Gasteiger partial charge in [-0.25, -0.2) is 4.79 Å². The van der Waals surface area contributed by atoms with E-state index in [2.05, 4.69) is 0 Å². The highest BCUT2D eigenvalue weighted by Gasteiger charge is 2.30. The van der Waals surface area contributed by atoms with E-state index in [1.807, 2.05) is 6.92 Å². The van der Waals surface area contributed by atoms with Crippen molar-refractivity contribution in [2.45, 2.75) is 43.5 Å². The van der Waals surface area contributed by atoms with Gasteiger partial charge in [0.25, 0.3) is 0 Å². The number of rotatable bonds is 3. The van der Waals surface area contributed by atoms with E-state index in [0.717, 1.165) is 25.7 Å². The highest BCUT2D eigenvalue weighted by atomic mass is 32.2. The van der Waals surface area contributed by atoms with Gasteiger partial charge < -0.3 is 9.08 Å². The second-order valence-electron chi connectivity index (χ2n) is 4.87. The van der Waals surface area contributed by atoms with Crippen LogP contribution in [0.25, 0.3) is 0 Å². The molecule has 2 rings (SSSR count). The molecule has 6 heteroatoms. The Labute approximate surface area is 119 Å². The lowest BCUT2D eigenvalue weighted by Crippen LogP contribution is -2.44. The first-order valence-corrected chi connectivity index (χ1v) is 8.25. The molecule has 1 aliphatic rings. The largest absolute Gasteiger partial charge is 0.425 e. The number of likely N-dealkylation sites (tertiary alicyclic amines) is 1. The van der Waals surface area contributed by atoms with Crippen LogP contribution in [-0.4, -0.2) is 32.0 Å². The van der Waals surface area contributed by atoms with Crippen molar-refractivity contribution < 1.29 is 17.4 Å². The molecule has 1 aromatic carbocycles. The molecule has 5 nitrogen and oxygen atoms in total. The number of carbonyl (C=O) groups excluding carboxylic acids is 1. The number of hydrogen-bond acceptors (Lipinski definition) is 4. The number of amides is 1. The molecule has 0 aromatic heterocycles. The molecular weight excluding hydrogens is 278 g/mol. The molecule has 1 saturated heterocycles. The second-order valence-corrected chi connectivity index (χ2v) is 6.41. The van der Waals surface area contributed by atoms with Gasteiger partial charge in [0, 0.05) is 12.6 Å². The zero-order valence-corrected chi connectivity index (χ0v) is 12.3. The number of nitrogens with zero attached hydrogens (tertiary/aromatic N) is 1. The fourth-order valence-electron chi connectivity index (χ4n) is 2.44. The Morgan fingerprint density at radius 3 is 2.65 bits per heavy atom. The molecule has 1 aromatic rings. The molecule has 0 bridgehead atoms. The number of carbonyl (C=O) groups is 1. The molecule has 110 valence electrons. The Hall–Kier alpha value is -1.56. The molecular formula is C14H19NO4S. The van der Waals surface area contributed by atoms with E-state index in [1.165, 1.54) is 17.0 Å². The Balaban J connectivity index is 2.11. The van der Waals surface area contributed by atoms with Crippen LogP contribution in [0.3, 0.4) is 0 Å². The Kier molecular flexibility index (Phi) is 4.65. The molecule has 1 unspecified atom stereocenters. The van der Waals surface area contributed by atoms with Crippen LogP contribution in [0.4, 0.5) is 4.79 Å². The molecule has 0 saturated carbocycles. The van der Waals surface area contributed by atoms with E-state index in [0.29, 0.717) is 6.54 Å². The van der Waals surface area contributed by atoms with Crippen molar-refractivity contribution in [1.29, 1.82) is 0 Å². The lowest BCUT2D eigenvalue weighted by atomic mass is 10.0. The van der Waals surface area contributed by atoms with Gasteiger partial charge in [-0.05, 0) is 37.8 Å². The molecule has 0 spiro atoms. The molecule has 0 aliphatic carbocycles. The summed E-state index contributed by atoms with van der Waals surface area (Å²) in [5.74, 6) is 0. The standard InChI is InChI=1S/C14H19NO4S/c1-2-12-8-6-7-11-15(12)14(16)19-20(17,18)13-9-4-3-5-10-13/h3-5,9-10,12H,2,6-8,11H2,1H3. The lowest BCUT2D eigenvalue weighted by Gasteiger charge is -2.33. The zero-order chi connectivity index (χ0) is 14.6. The first-order valence-electron chi connectivity index (χ1n) is 6.84. The maximum atomic E-state index is 12.1. The zero-order valence-electron chi connectivity index (χ0n) is 11.5. The Morgan fingerprint density at radius 1 is 1.30 bits per heavy atom. The van der Waals surface area contributed by atoms with Crippen LogP contribution in [0.5, 0.6) is 0 Å². The topological polar surface area (TPSA) is 63.7 Å². The number of benzene rings is 1. The third-order valence-corrected chi connectivity index (χ3v) is 4.76. The summed E-state index contributed by atoms with van der Waals surface area (Å²) in [6.07, 6.45) is 2.89. The van der Waals surface area contributed by atoms with Gasteiger partial charge in [-0.15, -0.1) is 0 Å². The predicted molar refractivity (Wildman–Crippen MR) is 74.7 cm³/mol. The van der Waals surface area contributed by atoms with E-state index < -0.39 is 16.2 Å². The van der Waals surface area contributed by atoms with Crippen LogP contribution in [0, 0.1) is 0 Å². The van der Waals surface area contributed by atoms with Gasteiger partial charge in [-0.1, -0.05) is 25.1 Å². The molecule has 1 aliphatic heterocycles. The average Bonchev–Trinajstić information content (AvgIpc) is 2.47. The van der Waals surface area contributed by atoms with Crippen molar-refractivity contribution in [2.24, 2.45) is 0 Å². The molecule has 1 amide bonds. The van der Waals surface area contributed by atoms with Crippen molar-refractivity contribution >= 4 is 16.2 Å². The van der Waals surface area contributed by atoms with Crippen LogP contribution < -0.4 is 0 Å². The predicted octanol–water partition coefficient (Wildman–Crippen LogP) is 2.78. The summed E-state index contributed by atoms with van der Waals surface area (Å²) < 4.78 is 28.8. The Bertz CT molecular complexity index is 556. The van der Waals surface area contributed by atoms with Crippen molar-refractivity contribution in [3.63, 3.8) is 0 Å². The van der Waals surface area contributed by atoms with Gasteiger partial charge >= 0.3 is 16.2 Å². The van der Waals surface area contributed by atoms with Crippen molar-refractivity contribution in [3.8, 4) is 0 Å². The number of hydrogen-bond donors (Lipinski definition) is 0. The smallest absolute Gasteiger partial charge is 0.324 e. The molecule has 1 heterocycles. The summed E-state index contributed by atoms with van der Waals surface area (Å²) in [6.45, 7) is 2.55. The van der Waals surface area contributed by atoms with Gasteiger partial charge in [0.2, 0.25) is 0 Å². The maximum absolute atomic E-state index is 12.1. The fourth-order valence-corrected chi connectivity index (χ4v) is 3.31. The lowest BCUT2D eigenvalue weighted by molar-refractivity contribution is 0.113. The quantitative estimate of drug-likeness (QED) is 0.805. The van der Waals surface area contributed by atoms with Crippen LogP contribution in [0.1, 0.15) is 32.6 Å². The summed E-state index contributed by atoms with van der Waals surface area (Å²) in [4.78, 5) is 13.6. The number of piperidine rings is 1. The van der Waals surface area contributed by atoms with Gasteiger partial charge in [0.1, 0.15) is 4.90 Å². The van der Waals surface area contributed by atoms with Crippen molar-refractivity contribution in [2.75, 3.05) is 6.54 Å². The Morgan fingerprint density at radius 2 is 2.00 bits per heavy atom. The molecule has 0 radical (unpaired) electrons. The van der Waals surface area contributed by atoms with Gasteiger partial charge in [0.05, 0.1) is 0 Å². The SMILES string of the molecule is CCC1CCCCN1C(=O)OS(=O)(=O)c1ccccc1. The monoisotopic (exact) mass is 297 g/mol. The third kappa shape index (κ3) is 3.30. The molecule has 20 heavy (non-hydrogen) atoms. The van der Waals surface area contributed by atoms with E-state index in [-0.39, 0.29) is 10.9 Å². The van der Waals surface area contributed by atoms with Gasteiger partial charge in [-0.2, -0.15) is 8.42 Å². The minimum absolute atomic E-state index is 0.00147. The third-order valence-electron chi connectivity index (χ3n) is 3.55. The molecule has 1 fully saturated rings. The highest BCUT2D eigenvalue weighted by molar-refractivity contribution is 7.87. The van der Waals surface area contributed by atoms with Crippen LogP contribution >= 0.6 is 0 Å². The van der Waals surface area contributed by atoms with Gasteiger partial charge in [-0.3, -0.25) is 0 Å². The van der Waals surface area contributed by atoms with Crippen molar-refractivity contribution in [3.05, 3.63) is 30.3 Å². The van der Waals surface area contributed by atoms with E-state index >= 15 is 0 Å². The van der Waals surface area contributed by atoms with Crippen LogP contribution in [-0.2, 0) is 14.3 Å². The first kappa shape index (κ1) is 14.8. The summed E-state index contributed by atoms with van der Waals surface area (Å²) >= 11 is 0. The fraction of sp³-hybridized carbons (Fsp3) is 0.500.